The summed E-state index contributed by atoms with van der Waals surface area (Å²) < 4.78 is 7.70. The third-order valence-corrected chi connectivity index (χ3v) is 3.95. The standard InChI is InChI=1S/C13H19N3O2/c1-10(17)15-4-5-16-12(9-15)8-14-13(16)11-2-6-18-7-3-11/h8,11H,2-7,9H2,1H3. The molecule has 0 radical (unpaired) electrons. The first-order chi connectivity index (χ1) is 8.75. The molecule has 1 aromatic rings. The minimum atomic E-state index is 0.148. The van der Waals surface area contributed by atoms with Gasteiger partial charge in [0.1, 0.15) is 5.82 Å². The van der Waals surface area contributed by atoms with Gasteiger partial charge in [-0.3, -0.25) is 4.79 Å². The zero-order valence-electron chi connectivity index (χ0n) is 10.8. The Morgan fingerprint density at radius 3 is 2.89 bits per heavy atom. The molecule has 0 aromatic carbocycles. The van der Waals surface area contributed by atoms with Crippen LogP contribution in [0.1, 0.15) is 37.2 Å². The summed E-state index contributed by atoms with van der Waals surface area (Å²) in [5, 5.41) is 0. The highest BCUT2D eigenvalue weighted by molar-refractivity contribution is 5.73. The first kappa shape index (κ1) is 11.7. The van der Waals surface area contributed by atoms with Crippen molar-refractivity contribution in [2.24, 2.45) is 0 Å². The van der Waals surface area contributed by atoms with Crippen LogP contribution in [0.5, 0.6) is 0 Å². The van der Waals surface area contributed by atoms with Crippen molar-refractivity contribution in [2.75, 3.05) is 19.8 Å². The first-order valence-corrected chi connectivity index (χ1v) is 6.63. The van der Waals surface area contributed by atoms with Crippen LogP contribution in [0.2, 0.25) is 0 Å². The smallest absolute Gasteiger partial charge is 0.219 e. The van der Waals surface area contributed by atoms with Crippen LogP contribution in [0.4, 0.5) is 0 Å². The third-order valence-electron chi connectivity index (χ3n) is 3.95. The lowest BCUT2D eigenvalue weighted by atomic mass is 9.99. The summed E-state index contributed by atoms with van der Waals surface area (Å²) >= 11 is 0. The van der Waals surface area contributed by atoms with Crippen LogP contribution in [0, 0.1) is 0 Å². The zero-order valence-corrected chi connectivity index (χ0v) is 10.8. The van der Waals surface area contributed by atoms with E-state index < -0.39 is 0 Å². The summed E-state index contributed by atoms with van der Waals surface area (Å²) in [4.78, 5) is 17.9. The molecule has 3 rings (SSSR count). The largest absolute Gasteiger partial charge is 0.381 e. The van der Waals surface area contributed by atoms with Crippen LogP contribution in [0.15, 0.2) is 6.20 Å². The van der Waals surface area contributed by atoms with Gasteiger partial charge in [0.15, 0.2) is 0 Å². The average Bonchev–Trinajstić information content (AvgIpc) is 2.82. The molecule has 2 aliphatic heterocycles. The summed E-state index contributed by atoms with van der Waals surface area (Å²) in [5.74, 6) is 1.86. The Morgan fingerprint density at radius 2 is 2.17 bits per heavy atom. The normalized spacial score (nSPS) is 20.8. The van der Waals surface area contributed by atoms with E-state index in [1.165, 1.54) is 5.82 Å². The van der Waals surface area contributed by atoms with Crippen molar-refractivity contribution in [3.05, 3.63) is 17.7 Å². The molecule has 98 valence electrons. The van der Waals surface area contributed by atoms with Crippen molar-refractivity contribution < 1.29 is 9.53 Å². The van der Waals surface area contributed by atoms with Gasteiger partial charge in [-0.1, -0.05) is 0 Å². The Balaban J connectivity index is 1.81. The molecule has 1 amide bonds. The van der Waals surface area contributed by atoms with Crippen LogP contribution in [-0.2, 0) is 22.6 Å². The summed E-state index contributed by atoms with van der Waals surface area (Å²) in [6.45, 7) is 5.69. The first-order valence-electron chi connectivity index (χ1n) is 6.63. The number of nitrogens with zero attached hydrogens (tertiary/aromatic N) is 3. The van der Waals surface area contributed by atoms with Gasteiger partial charge in [-0.2, -0.15) is 0 Å². The number of hydrogen-bond donors (Lipinski definition) is 0. The minimum absolute atomic E-state index is 0.148. The highest BCUT2D eigenvalue weighted by Gasteiger charge is 2.26. The number of hydrogen-bond acceptors (Lipinski definition) is 3. The van der Waals surface area contributed by atoms with Crippen LogP contribution >= 0.6 is 0 Å². The van der Waals surface area contributed by atoms with E-state index in [4.69, 9.17) is 4.74 Å². The number of imidazole rings is 1. The second kappa shape index (κ2) is 4.72. The van der Waals surface area contributed by atoms with E-state index in [1.807, 2.05) is 11.1 Å². The van der Waals surface area contributed by atoms with Crippen LogP contribution < -0.4 is 0 Å². The number of carbonyl (C=O) groups is 1. The molecule has 18 heavy (non-hydrogen) atoms. The van der Waals surface area contributed by atoms with E-state index >= 15 is 0 Å². The van der Waals surface area contributed by atoms with Crippen LogP contribution in [0.25, 0.3) is 0 Å². The Bertz CT molecular complexity index is 449. The van der Waals surface area contributed by atoms with Gasteiger partial charge in [0.2, 0.25) is 5.91 Å². The van der Waals surface area contributed by atoms with E-state index in [0.29, 0.717) is 12.5 Å². The van der Waals surface area contributed by atoms with Crippen LogP contribution in [-0.4, -0.2) is 40.1 Å². The quantitative estimate of drug-likeness (QED) is 0.750. The van der Waals surface area contributed by atoms with E-state index in [2.05, 4.69) is 9.55 Å². The molecule has 2 aliphatic rings. The lowest BCUT2D eigenvalue weighted by Crippen LogP contribution is -2.37. The molecule has 0 atom stereocenters. The molecule has 0 spiro atoms. The summed E-state index contributed by atoms with van der Waals surface area (Å²) in [6, 6.07) is 0. The van der Waals surface area contributed by atoms with E-state index in [-0.39, 0.29) is 5.91 Å². The second-order valence-electron chi connectivity index (χ2n) is 5.09. The molecule has 1 fully saturated rings. The van der Waals surface area contributed by atoms with Crippen LogP contribution in [0.3, 0.4) is 0 Å². The average molecular weight is 249 g/mol. The van der Waals surface area contributed by atoms with Crippen molar-refractivity contribution in [1.29, 1.82) is 0 Å². The summed E-state index contributed by atoms with van der Waals surface area (Å²) in [5.41, 5.74) is 1.16. The van der Waals surface area contributed by atoms with Gasteiger partial charge in [0, 0.05) is 39.1 Å². The highest BCUT2D eigenvalue weighted by Crippen LogP contribution is 2.28. The van der Waals surface area contributed by atoms with Crippen molar-refractivity contribution in [3.63, 3.8) is 0 Å². The molecule has 0 bridgehead atoms. The fourth-order valence-corrected chi connectivity index (χ4v) is 2.86. The predicted molar refractivity (Wildman–Crippen MR) is 66.1 cm³/mol. The van der Waals surface area contributed by atoms with Crippen molar-refractivity contribution in [2.45, 2.75) is 38.8 Å². The van der Waals surface area contributed by atoms with Gasteiger partial charge < -0.3 is 14.2 Å². The monoisotopic (exact) mass is 249 g/mol. The molecular weight excluding hydrogens is 230 g/mol. The number of rotatable bonds is 1. The lowest BCUT2D eigenvalue weighted by Gasteiger charge is -2.30. The fourth-order valence-electron chi connectivity index (χ4n) is 2.86. The third kappa shape index (κ3) is 2.03. The van der Waals surface area contributed by atoms with E-state index in [9.17, 15) is 4.79 Å². The zero-order chi connectivity index (χ0) is 12.5. The molecule has 1 aromatic heterocycles. The molecule has 5 nitrogen and oxygen atoms in total. The number of fused-ring (bicyclic) bond motifs is 1. The minimum Gasteiger partial charge on any atom is -0.381 e. The van der Waals surface area contributed by atoms with Crippen molar-refractivity contribution in [1.82, 2.24) is 14.5 Å². The Morgan fingerprint density at radius 1 is 1.39 bits per heavy atom. The molecular formula is C13H19N3O2. The van der Waals surface area contributed by atoms with Gasteiger partial charge in [-0.25, -0.2) is 4.98 Å². The molecule has 5 heteroatoms. The maximum absolute atomic E-state index is 11.4. The Labute approximate surface area is 107 Å². The predicted octanol–water partition coefficient (Wildman–Crippen LogP) is 1.14. The van der Waals surface area contributed by atoms with Gasteiger partial charge >= 0.3 is 0 Å². The van der Waals surface area contributed by atoms with Gasteiger partial charge in [-0.15, -0.1) is 0 Å². The Hall–Kier alpha value is -1.36. The molecule has 0 saturated carbocycles. The van der Waals surface area contributed by atoms with E-state index in [1.54, 1.807) is 6.92 Å². The van der Waals surface area contributed by atoms with Gasteiger partial charge in [0.05, 0.1) is 18.4 Å². The summed E-state index contributed by atoms with van der Waals surface area (Å²) in [7, 11) is 0. The summed E-state index contributed by atoms with van der Waals surface area (Å²) in [6.07, 6.45) is 4.06. The lowest BCUT2D eigenvalue weighted by molar-refractivity contribution is -0.130. The van der Waals surface area contributed by atoms with Crippen molar-refractivity contribution in [3.8, 4) is 0 Å². The molecule has 1 saturated heterocycles. The van der Waals surface area contributed by atoms with E-state index in [0.717, 1.165) is 44.8 Å². The van der Waals surface area contributed by atoms with Gasteiger partial charge in [-0.05, 0) is 12.8 Å². The maximum Gasteiger partial charge on any atom is 0.219 e. The fraction of sp³-hybridized carbons (Fsp3) is 0.692. The SMILES string of the molecule is CC(=O)N1CCn2c(cnc2C2CCOCC2)C1. The second-order valence-corrected chi connectivity index (χ2v) is 5.09. The van der Waals surface area contributed by atoms with Crippen molar-refractivity contribution >= 4 is 5.91 Å². The number of amides is 1. The molecule has 3 heterocycles. The Kier molecular flexibility index (Phi) is 3.07. The molecule has 0 aliphatic carbocycles. The molecule has 0 N–H and O–H groups in total. The maximum atomic E-state index is 11.4. The number of ether oxygens (including phenoxy) is 1. The van der Waals surface area contributed by atoms with Gasteiger partial charge in [0.25, 0.3) is 0 Å². The molecule has 0 unspecified atom stereocenters. The topological polar surface area (TPSA) is 47.4 Å². The highest BCUT2D eigenvalue weighted by atomic mass is 16.5. The number of aromatic nitrogens is 2. The number of carbonyl (C=O) groups excluding carboxylic acids is 1.